The molecule has 22 heavy (non-hydrogen) atoms. The molecule has 0 unspecified atom stereocenters. The van der Waals surface area contributed by atoms with Gasteiger partial charge >= 0.3 is 0 Å². The standard InChI is InChI=1S/C16H25N3O3/c1-4-13-9-19(10-14(13)18-5-7-21-8-6-18)16(20)15-11(2)17-22-12(15)3/h13-14H,4-10H2,1-3H3/t13-,14-/m0/s1. The van der Waals surface area contributed by atoms with Crippen molar-refractivity contribution < 1.29 is 14.1 Å². The van der Waals surface area contributed by atoms with Crippen molar-refractivity contribution in [2.24, 2.45) is 5.92 Å². The SMILES string of the molecule is CC[C@H]1CN(C(=O)c2c(C)noc2C)C[C@@H]1N1CCOCC1. The van der Waals surface area contributed by atoms with Crippen molar-refractivity contribution in [2.45, 2.75) is 33.2 Å². The molecule has 2 saturated heterocycles. The first-order valence-electron chi connectivity index (χ1n) is 8.15. The Bertz CT molecular complexity index is 517. The van der Waals surface area contributed by atoms with Gasteiger partial charge in [0, 0.05) is 32.2 Å². The third kappa shape index (κ3) is 2.77. The second-order valence-corrected chi connectivity index (χ2v) is 6.29. The van der Waals surface area contributed by atoms with Gasteiger partial charge in [0.25, 0.3) is 5.91 Å². The van der Waals surface area contributed by atoms with E-state index in [0.717, 1.165) is 45.8 Å². The van der Waals surface area contributed by atoms with Crippen LogP contribution in [0.5, 0.6) is 0 Å². The average Bonchev–Trinajstić information content (AvgIpc) is 3.11. The molecule has 3 rings (SSSR count). The molecular weight excluding hydrogens is 282 g/mol. The van der Waals surface area contributed by atoms with Crippen LogP contribution in [-0.4, -0.2) is 66.3 Å². The predicted octanol–water partition coefficient (Wildman–Crippen LogP) is 1.47. The molecule has 1 aromatic heterocycles. The Morgan fingerprint density at radius 1 is 1.27 bits per heavy atom. The molecule has 0 aromatic carbocycles. The maximum atomic E-state index is 12.8. The molecule has 122 valence electrons. The summed E-state index contributed by atoms with van der Waals surface area (Å²) in [6, 6.07) is 0.443. The van der Waals surface area contributed by atoms with Crippen molar-refractivity contribution in [3.8, 4) is 0 Å². The number of carbonyl (C=O) groups is 1. The summed E-state index contributed by atoms with van der Waals surface area (Å²) >= 11 is 0. The van der Waals surface area contributed by atoms with Gasteiger partial charge in [0.05, 0.1) is 18.9 Å². The first kappa shape index (κ1) is 15.5. The Hall–Kier alpha value is -1.40. The molecule has 0 aliphatic carbocycles. The summed E-state index contributed by atoms with van der Waals surface area (Å²) in [6.45, 7) is 11.0. The maximum Gasteiger partial charge on any atom is 0.259 e. The van der Waals surface area contributed by atoms with Crippen LogP contribution in [-0.2, 0) is 4.74 Å². The second kappa shape index (κ2) is 6.38. The van der Waals surface area contributed by atoms with E-state index in [-0.39, 0.29) is 5.91 Å². The predicted molar refractivity (Wildman–Crippen MR) is 81.8 cm³/mol. The zero-order valence-corrected chi connectivity index (χ0v) is 13.7. The van der Waals surface area contributed by atoms with E-state index in [1.54, 1.807) is 6.92 Å². The number of aromatic nitrogens is 1. The lowest BCUT2D eigenvalue weighted by Crippen LogP contribution is -2.47. The smallest absolute Gasteiger partial charge is 0.259 e. The Balaban J connectivity index is 1.74. The summed E-state index contributed by atoms with van der Waals surface area (Å²) in [5, 5.41) is 3.91. The van der Waals surface area contributed by atoms with Crippen LogP contribution >= 0.6 is 0 Å². The lowest BCUT2D eigenvalue weighted by atomic mass is 9.99. The average molecular weight is 307 g/mol. The number of amides is 1. The lowest BCUT2D eigenvalue weighted by Gasteiger charge is -2.34. The first-order valence-corrected chi connectivity index (χ1v) is 8.15. The molecule has 1 amide bonds. The summed E-state index contributed by atoms with van der Waals surface area (Å²) in [5.41, 5.74) is 1.32. The minimum atomic E-state index is 0.0606. The molecule has 0 spiro atoms. The van der Waals surface area contributed by atoms with Crippen molar-refractivity contribution in [1.82, 2.24) is 15.0 Å². The van der Waals surface area contributed by atoms with Crippen LogP contribution in [0.2, 0.25) is 0 Å². The maximum absolute atomic E-state index is 12.8. The van der Waals surface area contributed by atoms with Crippen molar-refractivity contribution >= 4 is 5.91 Å². The molecule has 2 atom stereocenters. The fourth-order valence-electron chi connectivity index (χ4n) is 3.69. The van der Waals surface area contributed by atoms with Gasteiger partial charge in [-0.05, 0) is 19.8 Å². The number of hydrogen-bond donors (Lipinski definition) is 0. The molecule has 2 fully saturated rings. The molecule has 2 aliphatic heterocycles. The van der Waals surface area contributed by atoms with Crippen LogP contribution in [0.3, 0.4) is 0 Å². The van der Waals surface area contributed by atoms with Gasteiger partial charge in [0.1, 0.15) is 11.3 Å². The van der Waals surface area contributed by atoms with Gasteiger partial charge in [-0.25, -0.2) is 0 Å². The molecule has 0 N–H and O–H groups in total. The summed E-state index contributed by atoms with van der Waals surface area (Å²) in [4.78, 5) is 17.3. The highest BCUT2D eigenvalue weighted by Crippen LogP contribution is 2.28. The number of carbonyl (C=O) groups excluding carboxylic acids is 1. The van der Waals surface area contributed by atoms with Gasteiger partial charge in [-0.15, -0.1) is 0 Å². The molecular formula is C16H25N3O3. The monoisotopic (exact) mass is 307 g/mol. The lowest BCUT2D eigenvalue weighted by molar-refractivity contribution is 0.0103. The van der Waals surface area contributed by atoms with Gasteiger partial charge in [-0.1, -0.05) is 18.5 Å². The van der Waals surface area contributed by atoms with Crippen LogP contribution in [0.25, 0.3) is 0 Å². The van der Waals surface area contributed by atoms with Crippen LogP contribution < -0.4 is 0 Å². The number of nitrogens with zero attached hydrogens (tertiary/aromatic N) is 3. The number of ether oxygens (including phenoxy) is 1. The fraction of sp³-hybridized carbons (Fsp3) is 0.750. The Morgan fingerprint density at radius 3 is 2.59 bits per heavy atom. The Kier molecular flexibility index (Phi) is 4.49. The highest BCUT2D eigenvalue weighted by molar-refractivity contribution is 5.96. The van der Waals surface area contributed by atoms with Gasteiger partial charge in [-0.2, -0.15) is 0 Å². The molecule has 0 saturated carbocycles. The van der Waals surface area contributed by atoms with Crippen LogP contribution in [0.1, 0.15) is 35.2 Å². The third-order valence-corrected chi connectivity index (χ3v) is 4.98. The van der Waals surface area contributed by atoms with E-state index in [9.17, 15) is 4.79 Å². The second-order valence-electron chi connectivity index (χ2n) is 6.29. The van der Waals surface area contributed by atoms with Gasteiger partial charge in [-0.3, -0.25) is 9.69 Å². The molecule has 1 aromatic rings. The number of likely N-dealkylation sites (tertiary alicyclic amines) is 1. The van der Waals surface area contributed by atoms with E-state index in [0.29, 0.717) is 29.0 Å². The van der Waals surface area contributed by atoms with Crippen LogP contribution in [0.4, 0.5) is 0 Å². The molecule has 6 nitrogen and oxygen atoms in total. The van der Waals surface area contributed by atoms with Gasteiger partial charge in [0.2, 0.25) is 0 Å². The van der Waals surface area contributed by atoms with Gasteiger partial charge in [0.15, 0.2) is 0 Å². The normalized spacial score (nSPS) is 26.6. The minimum absolute atomic E-state index is 0.0606. The fourth-order valence-corrected chi connectivity index (χ4v) is 3.69. The third-order valence-electron chi connectivity index (χ3n) is 4.98. The van der Waals surface area contributed by atoms with E-state index in [2.05, 4.69) is 17.0 Å². The van der Waals surface area contributed by atoms with E-state index >= 15 is 0 Å². The van der Waals surface area contributed by atoms with Crippen LogP contribution in [0, 0.1) is 19.8 Å². The molecule has 2 aliphatic rings. The molecule has 3 heterocycles. The first-order chi connectivity index (χ1) is 10.6. The number of hydrogen-bond acceptors (Lipinski definition) is 5. The van der Waals surface area contributed by atoms with Crippen molar-refractivity contribution in [1.29, 1.82) is 0 Å². The summed E-state index contributed by atoms with van der Waals surface area (Å²) < 4.78 is 10.6. The highest BCUT2D eigenvalue weighted by Gasteiger charge is 2.39. The Labute approximate surface area is 131 Å². The highest BCUT2D eigenvalue weighted by atomic mass is 16.5. The molecule has 6 heteroatoms. The van der Waals surface area contributed by atoms with Crippen molar-refractivity contribution in [2.75, 3.05) is 39.4 Å². The van der Waals surface area contributed by atoms with Crippen molar-refractivity contribution in [3.05, 3.63) is 17.0 Å². The van der Waals surface area contributed by atoms with Crippen molar-refractivity contribution in [3.63, 3.8) is 0 Å². The van der Waals surface area contributed by atoms with E-state index < -0.39 is 0 Å². The molecule has 0 bridgehead atoms. The Morgan fingerprint density at radius 2 is 2.00 bits per heavy atom. The molecule has 0 radical (unpaired) electrons. The largest absolute Gasteiger partial charge is 0.379 e. The van der Waals surface area contributed by atoms with Gasteiger partial charge < -0.3 is 14.2 Å². The quantitative estimate of drug-likeness (QED) is 0.846. The van der Waals surface area contributed by atoms with E-state index in [1.807, 2.05) is 11.8 Å². The zero-order valence-electron chi connectivity index (χ0n) is 13.7. The summed E-state index contributed by atoms with van der Waals surface area (Å²) in [5.74, 6) is 1.21. The summed E-state index contributed by atoms with van der Waals surface area (Å²) in [7, 11) is 0. The number of morpholine rings is 1. The number of aryl methyl sites for hydroxylation is 2. The minimum Gasteiger partial charge on any atom is -0.379 e. The zero-order chi connectivity index (χ0) is 15.7. The topological polar surface area (TPSA) is 58.8 Å². The van der Waals surface area contributed by atoms with Crippen LogP contribution in [0.15, 0.2) is 4.52 Å². The van der Waals surface area contributed by atoms with E-state index in [1.165, 1.54) is 0 Å². The number of rotatable bonds is 3. The van der Waals surface area contributed by atoms with E-state index in [4.69, 9.17) is 9.26 Å². The summed E-state index contributed by atoms with van der Waals surface area (Å²) in [6.07, 6.45) is 1.09.